The lowest BCUT2D eigenvalue weighted by molar-refractivity contribution is 0.277. The summed E-state index contributed by atoms with van der Waals surface area (Å²) in [4.78, 5) is 0. The maximum absolute atomic E-state index is 9.03. The number of halogens is 1. The monoisotopic (exact) mass is 257 g/mol. The Kier molecular flexibility index (Phi) is 2.39. The van der Waals surface area contributed by atoms with Crippen molar-refractivity contribution in [2.75, 3.05) is 0 Å². The molecule has 0 aliphatic heterocycles. The van der Waals surface area contributed by atoms with E-state index < -0.39 is 0 Å². The van der Waals surface area contributed by atoms with Gasteiger partial charge in [-0.25, -0.2) is 4.68 Å². The predicted octanol–water partition coefficient (Wildman–Crippen LogP) is 1.33. The smallest absolute Gasteiger partial charge is 0.169 e. The van der Waals surface area contributed by atoms with Gasteiger partial charge in [-0.3, -0.25) is 0 Å². The number of hydrogen-bond acceptors (Lipinski definition) is 4. The molecule has 0 bridgehead atoms. The highest BCUT2D eigenvalue weighted by atomic mass is 79.9. The lowest BCUT2D eigenvalue weighted by Crippen LogP contribution is -1.94. The van der Waals surface area contributed by atoms with Crippen molar-refractivity contribution in [2.45, 2.75) is 6.61 Å². The predicted molar refractivity (Wildman–Crippen MR) is 52.3 cm³/mol. The molecule has 0 aromatic carbocycles. The Balaban J connectivity index is 2.54. The second kappa shape index (κ2) is 3.55. The van der Waals surface area contributed by atoms with Gasteiger partial charge in [-0.05, 0) is 28.1 Å². The fourth-order valence-corrected chi connectivity index (χ4v) is 1.56. The normalized spacial score (nSPS) is 10.8. The van der Waals surface area contributed by atoms with Crippen LogP contribution in [0.3, 0.4) is 0 Å². The van der Waals surface area contributed by atoms with Crippen LogP contribution >= 0.6 is 15.9 Å². The van der Waals surface area contributed by atoms with E-state index in [1.807, 2.05) is 0 Å². The summed E-state index contributed by atoms with van der Waals surface area (Å²) in [5, 5.41) is 16.6. The summed E-state index contributed by atoms with van der Waals surface area (Å²) in [6.45, 7) is -0.151. The second-order valence-corrected chi connectivity index (χ2v) is 3.55. The van der Waals surface area contributed by atoms with Crippen molar-refractivity contribution in [3.8, 4) is 11.5 Å². The minimum Gasteiger partial charge on any atom is -0.448 e. The first kappa shape index (κ1) is 9.42. The minimum absolute atomic E-state index is 0.151. The van der Waals surface area contributed by atoms with E-state index in [-0.39, 0.29) is 6.61 Å². The van der Waals surface area contributed by atoms with Crippen molar-refractivity contribution < 1.29 is 9.52 Å². The zero-order chi connectivity index (χ0) is 10.1. The van der Waals surface area contributed by atoms with Crippen LogP contribution in [0.5, 0.6) is 0 Å². The summed E-state index contributed by atoms with van der Waals surface area (Å²) < 4.78 is 7.56. The van der Waals surface area contributed by atoms with E-state index in [1.54, 1.807) is 23.9 Å². The number of nitrogens with zero attached hydrogens (tertiary/aromatic N) is 3. The third-order valence-electron chi connectivity index (χ3n) is 1.85. The second-order valence-electron chi connectivity index (χ2n) is 2.77. The summed E-state index contributed by atoms with van der Waals surface area (Å²) in [6.07, 6.45) is 0. The molecular weight excluding hydrogens is 250 g/mol. The molecule has 0 fully saturated rings. The van der Waals surface area contributed by atoms with Crippen LogP contribution in [0.25, 0.3) is 11.5 Å². The van der Waals surface area contributed by atoms with E-state index in [0.29, 0.717) is 21.8 Å². The van der Waals surface area contributed by atoms with Crippen molar-refractivity contribution in [2.24, 2.45) is 7.05 Å². The van der Waals surface area contributed by atoms with Crippen molar-refractivity contribution in [3.05, 3.63) is 22.5 Å². The highest BCUT2D eigenvalue weighted by Gasteiger charge is 2.14. The summed E-state index contributed by atoms with van der Waals surface area (Å²) in [7, 11) is 1.75. The van der Waals surface area contributed by atoms with Crippen molar-refractivity contribution in [1.29, 1.82) is 0 Å². The van der Waals surface area contributed by atoms with Crippen molar-refractivity contribution >= 4 is 15.9 Å². The summed E-state index contributed by atoms with van der Waals surface area (Å²) in [6, 6.07) is 3.57. The van der Waals surface area contributed by atoms with Crippen LogP contribution in [0.15, 0.2) is 21.2 Å². The van der Waals surface area contributed by atoms with E-state index >= 15 is 0 Å². The van der Waals surface area contributed by atoms with E-state index in [4.69, 9.17) is 9.52 Å². The molecule has 0 atom stereocenters. The van der Waals surface area contributed by atoms with Crippen molar-refractivity contribution in [3.63, 3.8) is 0 Å². The highest BCUT2D eigenvalue weighted by Crippen LogP contribution is 2.26. The topological polar surface area (TPSA) is 64.1 Å². The maximum atomic E-state index is 9.03. The number of furan rings is 1. The minimum atomic E-state index is -0.151. The molecule has 2 aromatic rings. The molecule has 0 aliphatic carbocycles. The Morgan fingerprint density at radius 2 is 2.36 bits per heavy atom. The largest absolute Gasteiger partial charge is 0.448 e. The zero-order valence-corrected chi connectivity index (χ0v) is 9.02. The van der Waals surface area contributed by atoms with E-state index in [1.165, 1.54) is 0 Å². The molecule has 14 heavy (non-hydrogen) atoms. The zero-order valence-electron chi connectivity index (χ0n) is 7.44. The molecule has 0 spiro atoms. The van der Waals surface area contributed by atoms with Gasteiger partial charge in [-0.15, -0.1) is 5.10 Å². The molecule has 6 heteroatoms. The molecule has 1 N–H and O–H groups in total. The molecular formula is C8H8BrN3O2. The lowest BCUT2D eigenvalue weighted by atomic mass is 10.2. The number of aliphatic hydroxyl groups excluding tert-OH is 1. The van der Waals surface area contributed by atoms with Crippen LogP contribution in [-0.4, -0.2) is 20.1 Å². The standard InChI is InChI=1S/C8H8BrN3O2/c1-12-8(5(4-13)10-11-12)6-2-3-7(9)14-6/h2-3,13H,4H2,1H3. The van der Waals surface area contributed by atoms with E-state index in [0.717, 1.165) is 0 Å². The third-order valence-corrected chi connectivity index (χ3v) is 2.28. The first-order chi connectivity index (χ1) is 6.72. The van der Waals surface area contributed by atoms with Crippen molar-refractivity contribution in [1.82, 2.24) is 15.0 Å². The number of hydrogen-bond donors (Lipinski definition) is 1. The Bertz CT molecular complexity index is 449. The fraction of sp³-hybridized carbons (Fsp3) is 0.250. The Morgan fingerprint density at radius 1 is 1.57 bits per heavy atom. The average molecular weight is 258 g/mol. The molecule has 0 saturated carbocycles. The van der Waals surface area contributed by atoms with Crippen LogP contribution in [-0.2, 0) is 13.7 Å². The van der Waals surface area contributed by atoms with Gasteiger partial charge < -0.3 is 9.52 Å². The molecule has 0 unspecified atom stereocenters. The summed E-state index contributed by atoms with van der Waals surface area (Å²) >= 11 is 3.21. The molecule has 0 saturated heterocycles. The van der Waals surface area contributed by atoms with Gasteiger partial charge in [-0.1, -0.05) is 5.21 Å². The summed E-state index contributed by atoms with van der Waals surface area (Å²) in [5.41, 5.74) is 1.20. The van der Waals surface area contributed by atoms with Gasteiger partial charge in [0.15, 0.2) is 10.4 Å². The molecule has 0 aliphatic rings. The summed E-state index contributed by atoms with van der Waals surface area (Å²) in [5.74, 6) is 0.633. The van der Waals surface area contributed by atoms with Gasteiger partial charge in [0.2, 0.25) is 0 Å². The maximum Gasteiger partial charge on any atom is 0.169 e. The van der Waals surface area contributed by atoms with Gasteiger partial charge in [0, 0.05) is 7.05 Å². The van der Waals surface area contributed by atoms with Crippen LogP contribution in [0.1, 0.15) is 5.69 Å². The van der Waals surface area contributed by atoms with Crippen LogP contribution in [0.4, 0.5) is 0 Å². The fourth-order valence-electron chi connectivity index (χ4n) is 1.25. The quantitative estimate of drug-likeness (QED) is 0.882. The molecule has 5 nitrogen and oxygen atoms in total. The van der Waals surface area contributed by atoms with E-state index in [9.17, 15) is 0 Å². The molecule has 0 radical (unpaired) electrons. The highest BCUT2D eigenvalue weighted by molar-refractivity contribution is 9.10. The van der Waals surface area contributed by atoms with E-state index in [2.05, 4.69) is 26.2 Å². The molecule has 2 aromatic heterocycles. The number of aryl methyl sites for hydroxylation is 1. The molecule has 2 rings (SSSR count). The molecule has 74 valence electrons. The Labute approximate surface area is 88.5 Å². The average Bonchev–Trinajstić information content (AvgIpc) is 2.71. The van der Waals surface area contributed by atoms with Gasteiger partial charge in [0.05, 0.1) is 6.61 Å². The third kappa shape index (κ3) is 1.46. The van der Waals surface area contributed by atoms with Gasteiger partial charge in [0.25, 0.3) is 0 Å². The first-order valence-corrected chi connectivity index (χ1v) is 4.77. The number of rotatable bonds is 2. The molecule has 2 heterocycles. The number of aromatic nitrogens is 3. The molecule has 0 amide bonds. The Hall–Kier alpha value is -1.14. The van der Waals surface area contributed by atoms with Crippen LogP contribution in [0.2, 0.25) is 0 Å². The number of aliphatic hydroxyl groups is 1. The van der Waals surface area contributed by atoms with Gasteiger partial charge in [0.1, 0.15) is 11.4 Å². The van der Waals surface area contributed by atoms with Crippen LogP contribution < -0.4 is 0 Å². The lowest BCUT2D eigenvalue weighted by Gasteiger charge is -1.97. The first-order valence-electron chi connectivity index (χ1n) is 3.97. The van der Waals surface area contributed by atoms with Gasteiger partial charge >= 0.3 is 0 Å². The van der Waals surface area contributed by atoms with Gasteiger partial charge in [-0.2, -0.15) is 0 Å². The SMILES string of the molecule is Cn1nnc(CO)c1-c1ccc(Br)o1. The Morgan fingerprint density at radius 3 is 2.93 bits per heavy atom. The van der Waals surface area contributed by atoms with Crippen LogP contribution in [0, 0.1) is 0 Å².